The molecule has 7 aromatic rings. The van der Waals surface area contributed by atoms with E-state index >= 15 is 0 Å². The minimum absolute atomic E-state index is 0.0369. The molecule has 2 heterocycles. The van der Waals surface area contributed by atoms with Crippen LogP contribution in [0.15, 0.2) is 84.9 Å². The Balaban J connectivity index is 1.60. The topological polar surface area (TPSA) is 0 Å². The zero-order valence-electron chi connectivity index (χ0n) is 18.4. The van der Waals surface area contributed by atoms with E-state index in [1.165, 1.54) is 73.4 Å². The van der Waals surface area contributed by atoms with Gasteiger partial charge in [-0.2, -0.15) is 0 Å². The molecular formula is C31H20S2. The maximum atomic E-state index is 2.49. The van der Waals surface area contributed by atoms with Crippen molar-refractivity contribution in [2.24, 2.45) is 0 Å². The summed E-state index contributed by atoms with van der Waals surface area (Å²) in [5.41, 5.74) is 5.73. The fraction of sp³-hybridized carbons (Fsp3) is 0.0968. The van der Waals surface area contributed by atoms with Crippen LogP contribution in [0, 0.1) is 0 Å². The Bertz CT molecular complexity index is 1950. The molecular weight excluding hydrogens is 436 g/mol. The third-order valence-electron chi connectivity index (χ3n) is 7.66. The van der Waals surface area contributed by atoms with Gasteiger partial charge in [0, 0.05) is 51.1 Å². The van der Waals surface area contributed by atoms with E-state index < -0.39 is 0 Å². The summed E-state index contributed by atoms with van der Waals surface area (Å²) in [5, 5.41) is 8.36. The number of benzene rings is 5. The van der Waals surface area contributed by atoms with Gasteiger partial charge in [-0.1, -0.05) is 68.4 Å². The van der Waals surface area contributed by atoms with E-state index in [1.807, 2.05) is 22.7 Å². The maximum Gasteiger partial charge on any atom is 0.0362 e. The molecule has 0 fully saturated rings. The molecule has 0 spiro atoms. The fourth-order valence-electron chi connectivity index (χ4n) is 6.09. The SMILES string of the molecule is CC1(C)c2ccccc2-c2cc3c(cc21)sc1ccc2ccc4sc5ccccc5c4c2c13. The minimum atomic E-state index is 0.0369. The summed E-state index contributed by atoms with van der Waals surface area (Å²) in [6, 6.07) is 32.0. The Morgan fingerprint density at radius 3 is 2.06 bits per heavy atom. The first-order chi connectivity index (χ1) is 16.1. The van der Waals surface area contributed by atoms with E-state index in [0.29, 0.717) is 0 Å². The number of hydrogen-bond acceptors (Lipinski definition) is 2. The number of fused-ring (bicyclic) bond motifs is 12. The average Bonchev–Trinajstić information content (AvgIpc) is 3.46. The smallest absolute Gasteiger partial charge is 0.0362 e. The van der Waals surface area contributed by atoms with Crippen molar-refractivity contribution < 1.29 is 0 Å². The van der Waals surface area contributed by atoms with Crippen LogP contribution in [-0.2, 0) is 5.41 Å². The Morgan fingerprint density at radius 1 is 0.515 bits per heavy atom. The van der Waals surface area contributed by atoms with Gasteiger partial charge in [-0.15, -0.1) is 22.7 Å². The molecule has 0 unspecified atom stereocenters. The highest BCUT2D eigenvalue weighted by molar-refractivity contribution is 7.27. The second kappa shape index (κ2) is 6.02. The summed E-state index contributed by atoms with van der Waals surface area (Å²) in [4.78, 5) is 0. The summed E-state index contributed by atoms with van der Waals surface area (Å²) in [7, 11) is 0. The Morgan fingerprint density at radius 2 is 1.21 bits per heavy atom. The van der Waals surface area contributed by atoms with Crippen molar-refractivity contribution >= 4 is 73.8 Å². The lowest BCUT2D eigenvalue weighted by atomic mass is 9.82. The summed E-state index contributed by atoms with van der Waals surface area (Å²) in [6.45, 7) is 4.74. The standard InChI is InChI=1S/C31H20S2/c1-31(2)22-9-5-3-7-18(22)20-15-21-27(16-23(20)31)33-26-14-12-17-11-13-25-29(28(17)30(21)26)19-8-4-6-10-24(19)32-25/h3-16H,1-2H3. The largest absolute Gasteiger partial charge is 0.135 e. The van der Waals surface area contributed by atoms with Crippen LogP contribution in [0.4, 0.5) is 0 Å². The average molecular weight is 457 g/mol. The van der Waals surface area contributed by atoms with Crippen LogP contribution < -0.4 is 0 Å². The maximum absolute atomic E-state index is 2.49. The highest BCUT2D eigenvalue weighted by Gasteiger charge is 2.35. The molecule has 1 aliphatic carbocycles. The Kier molecular flexibility index (Phi) is 3.33. The third-order valence-corrected chi connectivity index (χ3v) is 9.91. The van der Waals surface area contributed by atoms with E-state index in [1.54, 1.807) is 0 Å². The molecule has 0 saturated heterocycles. The van der Waals surface area contributed by atoms with Crippen molar-refractivity contribution in [2.75, 3.05) is 0 Å². The predicted molar refractivity (Wildman–Crippen MR) is 147 cm³/mol. The molecule has 8 rings (SSSR count). The van der Waals surface area contributed by atoms with Crippen LogP contribution in [0.1, 0.15) is 25.0 Å². The second-order valence-electron chi connectivity index (χ2n) is 9.74. The van der Waals surface area contributed by atoms with E-state index in [9.17, 15) is 0 Å². The first-order valence-electron chi connectivity index (χ1n) is 11.4. The molecule has 0 N–H and O–H groups in total. The van der Waals surface area contributed by atoms with Gasteiger partial charge in [-0.3, -0.25) is 0 Å². The lowest BCUT2D eigenvalue weighted by Crippen LogP contribution is -2.14. The van der Waals surface area contributed by atoms with Crippen molar-refractivity contribution in [1.29, 1.82) is 0 Å². The normalized spacial score (nSPS) is 14.6. The summed E-state index contributed by atoms with van der Waals surface area (Å²) < 4.78 is 5.53. The van der Waals surface area contributed by atoms with Gasteiger partial charge >= 0.3 is 0 Å². The molecule has 33 heavy (non-hydrogen) atoms. The lowest BCUT2D eigenvalue weighted by Gasteiger charge is -2.21. The summed E-state index contributed by atoms with van der Waals surface area (Å²) in [5.74, 6) is 0. The molecule has 0 radical (unpaired) electrons. The van der Waals surface area contributed by atoms with Crippen LogP contribution in [-0.4, -0.2) is 0 Å². The van der Waals surface area contributed by atoms with Crippen LogP contribution in [0.5, 0.6) is 0 Å². The van der Waals surface area contributed by atoms with Gasteiger partial charge < -0.3 is 0 Å². The Hall–Kier alpha value is -3.20. The molecule has 5 aromatic carbocycles. The predicted octanol–water partition coefficient (Wildman–Crippen LogP) is 9.88. The van der Waals surface area contributed by atoms with Gasteiger partial charge in [-0.25, -0.2) is 0 Å². The Labute approximate surface area is 199 Å². The van der Waals surface area contributed by atoms with Gasteiger partial charge in [-0.05, 0) is 58.0 Å². The van der Waals surface area contributed by atoms with Gasteiger partial charge in [0.15, 0.2) is 0 Å². The van der Waals surface area contributed by atoms with Crippen LogP contribution >= 0.6 is 22.7 Å². The van der Waals surface area contributed by atoms with Crippen LogP contribution in [0.3, 0.4) is 0 Å². The van der Waals surface area contributed by atoms with Gasteiger partial charge in [0.2, 0.25) is 0 Å². The molecule has 1 aliphatic rings. The molecule has 0 aliphatic heterocycles. The van der Waals surface area contributed by atoms with Crippen molar-refractivity contribution in [1.82, 2.24) is 0 Å². The molecule has 0 bridgehead atoms. The zero-order valence-corrected chi connectivity index (χ0v) is 20.0. The van der Waals surface area contributed by atoms with Crippen molar-refractivity contribution in [3.8, 4) is 11.1 Å². The number of rotatable bonds is 0. The van der Waals surface area contributed by atoms with Gasteiger partial charge in [0.05, 0.1) is 0 Å². The molecule has 156 valence electrons. The van der Waals surface area contributed by atoms with Crippen molar-refractivity contribution in [3.05, 3.63) is 96.1 Å². The lowest BCUT2D eigenvalue weighted by molar-refractivity contribution is 0.661. The fourth-order valence-corrected chi connectivity index (χ4v) is 8.34. The van der Waals surface area contributed by atoms with Gasteiger partial charge in [0.1, 0.15) is 0 Å². The molecule has 0 nitrogen and oxygen atoms in total. The van der Waals surface area contributed by atoms with E-state index in [0.717, 1.165) is 0 Å². The van der Waals surface area contributed by atoms with Crippen molar-refractivity contribution in [3.63, 3.8) is 0 Å². The quantitative estimate of drug-likeness (QED) is 0.213. The molecule has 0 saturated carbocycles. The molecule has 2 heteroatoms. The minimum Gasteiger partial charge on any atom is -0.135 e. The first kappa shape index (κ1) is 18.3. The van der Waals surface area contributed by atoms with Gasteiger partial charge in [0.25, 0.3) is 0 Å². The molecule has 0 atom stereocenters. The summed E-state index contributed by atoms with van der Waals surface area (Å²) in [6.07, 6.45) is 0. The number of hydrogen-bond donors (Lipinski definition) is 0. The third kappa shape index (κ3) is 2.21. The second-order valence-corrected chi connectivity index (χ2v) is 11.9. The first-order valence-corrected chi connectivity index (χ1v) is 13.1. The molecule has 0 amide bonds. The van der Waals surface area contributed by atoms with E-state index in [4.69, 9.17) is 0 Å². The molecule has 2 aromatic heterocycles. The monoisotopic (exact) mass is 456 g/mol. The highest BCUT2D eigenvalue weighted by Crippen LogP contribution is 2.52. The number of thiophene rings is 2. The zero-order chi connectivity index (χ0) is 21.9. The van der Waals surface area contributed by atoms with E-state index in [2.05, 4.69) is 98.8 Å². The van der Waals surface area contributed by atoms with Crippen LogP contribution in [0.2, 0.25) is 0 Å². The summed E-state index contributed by atoms with van der Waals surface area (Å²) >= 11 is 3.85. The van der Waals surface area contributed by atoms with E-state index in [-0.39, 0.29) is 5.41 Å². The van der Waals surface area contributed by atoms with Crippen molar-refractivity contribution in [2.45, 2.75) is 19.3 Å². The highest BCUT2D eigenvalue weighted by atomic mass is 32.1. The van der Waals surface area contributed by atoms with Crippen LogP contribution in [0.25, 0.3) is 62.2 Å².